The van der Waals surface area contributed by atoms with Gasteiger partial charge in [-0.3, -0.25) is 0 Å². The molecule has 0 unspecified atom stereocenters. The first kappa shape index (κ1) is 15.9. The summed E-state index contributed by atoms with van der Waals surface area (Å²) in [6.45, 7) is 11.5. The van der Waals surface area contributed by atoms with Crippen LogP contribution in [0.5, 0.6) is 0 Å². The maximum atomic E-state index is 10.6. The molecule has 0 radical (unpaired) electrons. The molecule has 0 saturated heterocycles. The number of aliphatic hydroxyl groups excluding tert-OH is 1. The molecule has 2 heteroatoms. The lowest BCUT2D eigenvalue weighted by atomic mass is 9.46. The SMILES string of the molecule is C=C1[C@@H](O)C[C@@H]2C(C)(C)CCC[C@]2(C)[C@H]1CCc1ccoc1. The monoisotopic (exact) mass is 302 g/mol. The molecule has 22 heavy (non-hydrogen) atoms. The molecule has 1 N–H and O–H groups in total. The van der Waals surface area contributed by atoms with Gasteiger partial charge in [0, 0.05) is 0 Å². The van der Waals surface area contributed by atoms with Gasteiger partial charge in [0.2, 0.25) is 0 Å². The summed E-state index contributed by atoms with van der Waals surface area (Å²) >= 11 is 0. The Labute approximate surface area is 134 Å². The lowest BCUT2D eigenvalue weighted by molar-refractivity contribution is -0.0834. The second-order valence-corrected chi connectivity index (χ2v) is 8.45. The Morgan fingerprint density at radius 2 is 2.09 bits per heavy atom. The van der Waals surface area contributed by atoms with Crippen molar-refractivity contribution in [3.63, 3.8) is 0 Å². The number of aryl methyl sites for hydroxylation is 1. The van der Waals surface area contributed by atoms with E-state index in [0.29, 0.717) is 17.3 Å². The van der Waals surface area contributed by atoms with E-state index in [1.54, 1.807) is 6.26 Å². The number of hydrogen-bond donors (Lipinski definition) is 1. The van der Waals surface area contributed by atoms with Crippen LogP contribution in [0.4, 0.5) is 0 Å². The Morgan fingerprint density at radius 1 is 1.32 bits per heavy atom. The Morgan fingerprint density at radius 3 is 2.77 bits per heavy atom. The van der Waals surface area contributed by atoms with Crippen LogP contribution in [0.1, 0.15) is 58.4 Å². The van der Waals surface area contributed by atoms with Gasteiger partial charge in [-0.2, -0.15) is 0 Å². The molecule has 4 atom stereocenters. The van der Waals surface area contributed by atoms with Crippen molar-refractivity contribution < 1.29 is 9.52 Å². The molecule has 1 heterocycles. The minimum absolute atomic E-state index is 0.280. The summed E-state index contributed by atoms with van der Waals surface area (Å²) in [6.07, 6.45) is 10.1. The standard InChI is InChI=1S/C20H30O2/c1-14-16(7-6-15-8-11-22-13-15)20(4)10-5-9-19(2,3)18(20)12-17(14)21/h8,11,13,16-18,21H,1,5-7,9-10,12H2,2-4H3/t16-,17-,18+,20+/m0/s1. The topological polar surface area (TPSA) is 33.4 Å². The van der Waals surface area contributed by atoms with Crippen molar-refractivity contribution in [1.29, 1.82) is 0 Å². The lowest BCUT2D eigenvalue weighted by Crippen LogP contribution is -2.52. The molecular weight excluding hydrogens is 272 g/mol. The molecule has 2 aliphatic carbocycles. The Hall–Kier alpha value is -1.02. The highest BCUT2D eigenvalue weighted by Gasteiger charge is 2.54. The first-order chi connectivity index (χ1) is 10.3. The third kappa shape index (κ3) is 2.56. The highest BCUT2D eigenvalue weighted by atomic mass is 16.3. The highest BCUT2D eigenvalue weighted by Crippen LogP contribution is 2.61. The normalized spacial score (nSPS) is 37.8. The van der Waals surface area contributed by atoms with Gasteiger partial charge in [-0.1, -0.05) is 33.8 Å². The van der Waals surface area contributed by atoms with Crippen LogP contribution < -0.4 is 0 Å². The van der Waals surface area contributed by atoms with Crippen LogP contribution in [0.25, 0.3) is 0 Å². The fourth-order valence-corrected chi connectivity index (χ4v) is 5.46. The summed E-state index contributed by atoms with van der Waals surface area (Å²) in [6, 6.07) is 2.05. The van der Waals surface area contributed by atoms with E-state index >= 15 is 0 Å². The van der Waals surface area contributed by atoms with E-state index in [-0.39, 0.29) is 11.5 Å². The molecule has 2 nitrogen and oxygen atoms in total. The van der Waals surface area contributed by atoms with Gasteiger partial charge in [0.25, 0.3) is 0 Å². The van der Waals surface area contributed by atoms with Gasteiger partial charge in [0.05, 0.1) is 18.6 Å². The number of fused-ring (bicyclic) bond motifs is 1. The molecule has 1 aromatic heterocycles. The van der Waals surface area contributed by atoms with Crippen molar-refractivity contribution in [2.75, 3.05) is 0 Å². The molecule has 3 rings (SSSR count). The smallest absolute Gasteiger partial charge is 0.0934 e. The fraction of sp³-hybridized carbons (Fsp3) is 0.700. The van der Waals surface area contributed by atoms with Gasteiger partial charge in [-0.15, -0.1) is 0 Å². The van der Waals surface area contributed by atoms with Gasteiger partial charge in [-0.25, -0.2) is 0 Å². The van der Waals surface area contributed by atoms with Crippen molar-refractivity contribution in [2.24, 2.45) is 22.7 Å². The van der Waals surface area contributed by atoms with Crippen LogP contribution in [0.2, 0.25) is 0 Å². The van der Waals surface area contributed by atoms with Crippen molar-refractivity contribution >= 4 is 0 Å². The minimum Gasteiger partial charge on any atom is -0.472 e. The fourth-order valence-electron chi connectivity index (χ4n) is 5.46. The predicted molar refractivity (Wildman–Crippen MR) is 89.5 cm³/mol. The van der Waals surface area contributed by atoms with Gasteiger partial charge < -0.3 is 9.52 Å². The molecule has 0 spiro atoms. The molecule has 0 bridgehead atoms. The molecule has 0 aliphatic heterocycles. The minimum atomic E-state index is -0.329. The second kappa shape index (κ2) is 5.56. The van der Waals surface area contributed by atoms with Crippen molar-refractivity contribution in [3.8, 4) is 0 Å². The number of furan rings is 1. The zero-order chi connectivity index (χ0) is 16.0. The van der Waals surface area contributed by atoms with E-state index in [9.17, 15) is 5.11 Å². The zero-order valence-electron chi connectivity index (χ0n) is 14.3. The maximum absolute atomic E-state index is 10.6. The van der Waals surface area contributed by atoms with E-state index in [0.717, 1.165) is 24.8 Å². The van der Waals surface area contributed by atoms with Crippen LogP contribution in [0, 0.1) is 22.7 Å². The molecule has 2 saturated carbocycles. The van der Waals surface area contributed by atoms with Gasteiger partial charge in [-0.05, 0) is 72.0 Å². The zero-order valence-corrected chi connectivity index (χ0v) is 14.3. The molecule has 1 aromatic rings. The molecule has 2 aliphatic rings. The first-order valence-corrected chi connectivity index (χ1v) is 8.72. The van der Waals surface area contributed by atoms with Crippen LogP contribution in [0.15, 0.2) is 35.2 Å². The van der Waals surface area contributed by atoms with Crippen molar-refractivity contribution in [3.05, 3.63) is 36.3 Å². The van der Waals surface area contributed by atoms with E-state index in [1.165, 1.54) is 24.8 Å². The van der Waals surface area contributed by atoms with Gasteiger partial charge in [0.1, 0.15) is 0 Å². The summed E-state index contributed by atoms with van der Waals surface area (Å²) in [5.41, 5.74) is 2.92. The molecule has 122 valence electrons. The first-order valence-electron chi connectivity index (χ1n) is 8.72. The van der Waals surface area contributed by atoms with Crippen molar-refractivity contribution in [1.82, 2.24) is 0 Å². The third-order valence-electron chi connectivity index (χ3n) is 6.71. The van der Waals surface area contributed by atoms with Crippen LogP contribution >= 0.6 is 0 Å². The summed E-state index contributed by atoms with van der Waals surface area (Å²) in [4.78, 5) is 0. The molecule has 0 aromatic carbocycles. The Balaban J connectivity index is 1.86. The van der Waals surface area contributed by atoms with E-state index < -0.39 is 0 Å². The summed E-state index contributed by atoms with van der Waals surface area (Å²) in [5, 5.41) is 10.6. The van der Waals surface area contributed by atoms with E-state index in [2.05, 4.69) is 27.4 Å². The largest absolute Gasteiger partial charge is 0.472 e. The quantitative estimate of drug-likeness (QED) is 0.799. The summed E-state index contributed by atoms with van der Waals surface area (Å²) in [7, 11) is 0. The van der Waals surface area contributed by atoms with Crippen LogP contribution in [-0.4, -0.2) is 11.2 Å². The highest BCUT2D eigenvalue weighted by molar-refractivity contribution is 5.21. The van der Waals surface area contributed by atoms with Gasteiger partial charge >= 0.3 is 0 Å². The maximum Gasteiger partial charge on any atom is 0.0934 e. The average Bonchev–Trinajstić information content (AvgIpc) is 2.94. The lowest BCUT2D eigenvalue weighted by Gasteiger charge is -2.59. The summed E-state index contributed by atoms with van der Waals surface area (Å²) < 4.78 is 5.20. The van der Waals surface area contributed by atoms with Crippen LogP contribution in [0.3, 0.4) is 0 Å². The van der Waals surface area contributed by atoms with Crippen LogP contribution in [-0.2, 0) is 6.42 Å². The Bertz CT molecular complexity index is 528. The third-order valence-corrected chi connectivity index (χ3v) is 6.71. The number of hydrogen-bond acceptors (Lipinski definition) is 2. The van der Waals surface area contributed by atoms with E-state index in [4.69, 9.17) is 4.42 Å². The average molecular weight is 302 g/mol. The predicted octanol–water partition coefficient (Wildman–Crippen LogP) is 4.98. The Kier molecular flexibility index (Phi) is 4.01. The molecular formula is C20H30O2. The van der Waals surface area contributed by atoms with E-state index in [1.807, 2.05) is 12.3 Å². The summed E-state index contributed by atoms with van der Waals surface area (Å²) in [5.74, 6) is 0.999. The molecule has 0 amide bonds. The van der Waals surface area contributed by atoms with Crippen molar-refractivity contribution in [2.45, 2.75) is 65.4 Å². The second-order valence-electron chi connectivity index (χ2n) is 8.45. The molecule has 2 fully saturated rings. The van der Waals surface area contributed by atoms with Gasteiger partial charge in [0.15, 0.2) is 0 Å². The number of rotatable bonds is 3. The number of aliphatic hydroxyl groups is 1.